The molecule has 2 aromatic carbocycles. The molecule has 6 atom stereocenters. The Morgan fingerprint density at radius 1 is 0.562 bits per heavy atom. The van der Waals surface area contributed by atoms with Crippen molar-refractivity contribution in [3.8, 4) is 0 Å². The van der Waals surface area contributed by atoms with Gasteiger partial charge in [0, 0.05) is 36.1 Å². The van der Waals surface area contributed by atoms with E-state index in [-0.39, 0.29) is 46.0 Å². The van der Waals surface area contributed by atoms with Crippen molar-refractivity contribution in [1.29, 1.82) is 0 Å². The Balaban J connectivity index is 0.000000188. The first-order valence-electron chi connectivity index (χ1n) is 15.7. The van der Waals surface area contributed by atoms with Crippen LogP contribution in [0.4, 0.5) is 22.7 Å². The van der Waals surface area contributed by atoms with Crippen LogP contribution in [0, 0.1) is 75.0 Å². The Bertz CT molecular complexity index is 1510. The predicted molar refractivity (Wildman–Crippen MR) is 167 cm³/mol. The first kappa shape index (κ1) is 34.3. The van der Waals surface area contributed by atoms with Crippen LogP contribution in [0.2, 0.25) is 0 Å². The van der Waals surface area contributed by atoms with Gasteiger partial charge in [-0.3, -0.25) is 40.5 Å². The van der Waals surface area contributed by atoms with Crippen LogP contribution in [-0.2, 0) is 9.47 Å². The molecule has 48 heavy (non-hydrogen) atoms. The monoisotopic (exact) mass is 668 g/mol. The lowest BCUT2D eigenvalue weighted by atomic mass is 9.48. The fourth-order valence-corrected chi connectivity index (χ4v) is 8.03. The summed E-state index contributed by atoms with van der Waals surface area (Å²) in [4.78, 5) is 65.4. The number of fused-ring (bicyclic) bond motifs is 4. The molecular weight excluding hydrogens is 632 g/mol. The van der Waals surface area contributed by atoms with E-state index in [0.717, 1.165) is 74.9 Å². The van der Waals surface area contributed by atoms with E-state index < -0.39 is 54.4 Å². The first-order valence-corrected chi connectivity index (χ1v) is 15.7. The van der Waals surface area contributed by atoms with Crippen LogP contribution in [0.3, 0.4) is 0 Å². The smallest absolute Gasteiger partial charge is 0.338 e. The van der Waals surface area contributed by atoms with E-state index in [9.17, 15) is 50.0 Å². The molecule has 0 heterocycles. The molecule has 16 nitrogen and oxygen atoms in total. The molecule has 6 aliphatic carbocycles. The number of benzene rings is 2. The normalized spacial score (nSPS) is 27.0. The van der Waals surface area contributed by atoms with Crippen molar-refractivity contribution in [1.82, 2.24) is 0 Å². The minimum absolute atomic E-state index is 0.123. The Labute approximate surface area is 274 Å². The molecular formula is C32H36N4O12. The maximum absolute atomic E-state index is 12.4. The zero-order valence-corrected chi connectivity index (χ0v) is 26.9. The van der Waals surface area contributed by atoms with Gasteiger partial charge in [0.15, 0.2) is 0 Å². The second kappa shape index (κ2) is 12.5. The highest BCUT2D eigenvalue weighted by molar-refractivity contribution is 5.92. The van der Waals surface area contributed by atoms with Crippen LogP contribution in [0.25, 0.3) is 0 Å². The van der Waals surface area contributed by atoms with Gasteiger partial charge >= 0.3 is 11.9 Å². The minimum atomic E-state index is -0.760. The molecule has 2 aromatic rings. The Kier molecular flexibility index (Phi) is 8.97. The fraction of sp³-hybridized carbons (Fsp3) is 0.562. The Morgan fingerprint density at radius 2 is 0.854 bits per heavy atom. The molecule has 0 spiro atoms. The maximum atomic E-state index is 12.4. The molecule has 0 aliphatic heterocycles. The SMILES string of the molecule is CC1(C)[C@H]2CC[C@@H](OC(=O)c3cc([N+](=O)[O-])cc([N+](=O)[O-])c3)[C@@H]1C2.CC1(C)[C@H]2CC[C@@H](OC(=O)c3cc([N+](=O)[O-])cc([N+](=O)[O-])c3)[C@@H]1C2. The number of hydrogen-bond acceptors (Lipinski definition) is 12. The third-order valence-electron chi connectivity index (χ3n) is 11.2. The molecule has 6 fully saturated rings. The number of non-ortho nitro benzene ring substituents is 4. The molecule has 8 rings (SSSR count). The quantitative estimate of drug-likeness (QED) is 0.158. The number of nitro groups is 4. The van der Waals surface area contributed by atoms with E-state index in [1.807, 2.05) is 0 Å². The number of ether oxygens (including phenoxy) is 2. The molecule has 0 unspecified atom stereocenters. The summed E-state index contributed by atoms with van der Waals surface area (Å²) in [5.74, 6) is 0.358. The largest absolute Gasteiger partial charge is 0.458 e. The maximum Gasteiger partial charge on any atom is 0.338 e. The van der Waals surface area contributed by atoms with Crippen LogP contribution in [0.5, 0.6) is 0 Å². The summed E-state index contributed by atoms with van der Waals surface area (Å²) in [6.45, 7) is 8.63. The molecule has 6 saturated carbocycles. The first-order chi connectivity index (χ1) is 22.4. The zero-order chi connectivity index (χ0) is 35.3. The number of carbonyl (C=O) groups is 2. The number of esters is 2. The highest BCUT2D eigenvalue weighted by Gasteiger charge is 2.56. The van der Waals surface area contributed by atoms with Gasteiger partial charge in [0.2, 0.25) is 0 Å². The van der Waals surface area contributed by atoms with Crippen molar-refractivity contribution in [2.24, 2.45) is 34.5 Å². The predicted octanol–water partition coefficient (Wildman–Crippen LogP) is 6.97. The van der Waals surface area contributed by atoms with Gasteiger partial charge in [0.25, 0.3) is 22.7 Å². The van der Waals surface area contributed by atoms with E-state index in [4.69, 9.17) is 9.47 Å². The minimum Gasteiger partial charge on any atom is -0.458 e. The molecule has 6 aliphatic rings. The molecule has 0 amide bonds. The highest BCUT2D eigenvalue weighted by atomic mass is 16.6. The van der Waals surface area contributed by atoms with Crippen molar-refractivity contribution in [3.05, 3.63) is 88.0 Å². The summed E-state index contributed by atoms with van der Waals surface area (Å²) in [7, 11) is 0. The molecule has 4 bridgehead atoms. The van der Waals surface area contributed by atoms with E-state index in [1.165, 1.54) is 0 Å². The number of nitrogens with zero attached hydrogens (tertiary/aromatic N) is 4. The van der Waals surface area contributed by atoms with Gasteiger partial charge in [-0.15, -0.1) is 0 Å². The van der Waals surface area contributed by atoms with Gasteiger partial charge in [-0.2, -0.15) is 0 Å². The fourth-order valence-electron chi connectivity index (χ4n) is 8.03. The van der Waals surface area contributed by atoms with Crippen molar-refractivity contribution in [3.63, 3.8) is 0 Å². The van der Waals surface area contributed by atoms with Crippen LogP contribution in [0.1, 0.15) is 86.9 Å². The van der Waals surface area contributed by atoms with Crippen LogP contribution < -0.4 is 0 Å². The topological polar surface area (TPSA) is 225 Å². The van der Waals surface area contributed by atoms with E-state index >= 15 is 0 Å². The van der Waals surface area contributed by atoms with Gasteiger partial charge in [0.1, 0.15) is 12.2 Å². The second-order valence-electron chi connectivity index (χ2n) is 14.3. The zero-order valence-electron chi connectivity index (χ0n) is 26.9. The van der Waals surface area contributed by atoms with Gasteiger partial charge in [-0.1, -0.05) is 27.7 Å². The molecule has 0 saturated heterocycles. The lowest BCUT2D eigenvalue weighted by molar-refractivity contribution is -0.394. The van der Waals surface area contributed by atoms with Crippen LogP contribution in [0.15, 0.2) is 36.4 Å². The number of carbonyl (C=O) groups excluding carboxylic acids is 2. The summed E-state index contributed by atoms with van der Waals surface area (Å²) < 4.78 is 11.1. The number of nitro benzene ring substituents is 4. The average Bonchev–Trinajstić information content (AvgIpc) is 3.04. The summed E-state index contributed by atoms with van der Waals surface area (Å²) in [5.41, 5.74) is -2.05. The molecule has 0 N–H and O–H groups in total. The van der Waals surface area contributed by atoms with E-state index in [1.54, 1.807) is 0 Å². The van der Waals surface area contributed by atoms with Crippen LogP contribution in [-0.4, -0.2) is 43.8 Å². The summed E-state index contributed by atoms with van der Waals surface area (Å²) in [5, 5.41) is 43.7. The average molecular weight is 669 g/mol. The summed E-state index contributed by atoms with van der Waals surface area (Å²) >= 11 is 0. The molecule has 0 radical (unpaired) electrons. The highest BCUT2D eigenvalue weighted by Crippen LogP contribution is 2.60. The molecule has 256 valence electrons. The van der Waals surface area contributed by atoms with Crippen molar-refractivity contribution in [2.75, 3.05) is 0 Å². The van der Waals surface area contributed by atoms with Gasteiger partial charge < -0.3 is 9.47 Å². The number of hydrogen-bond donors (Lipinski definition) is 0. The van der Waals surface area contributed by atoms with Gasteiger partial charge in [0.05, 0.1) is 43.0 Å². The van der Waals surface area contributed by atoms with Gasteiger partial charge in [-0.05, 0) is 61.2 Å². The second-order valence-corrected chi connectivity index (χ2v) is 14.3. The third-order valence-corrected chi connectivity index (χ3v) is 11.2. The summed E-state index contributed by atoms with van der Waals surface area (Å²) in [6.07, 6.45) is 5.04. The lowest BCUT2D eigenvalue weighted by Crippen LogP contribution is -2.55. The lowest BCUT2D eigenvalue weighted by Gasteiger charge is -2.59. The molecule has 0 aromatic heterocycles. The Morgan fingerprint density at radius 3 is 1.08 bits per heavy atom. The van der Waals surface area contributed by atoms with Crippen molar-refractivity contribution >= 4 is 34.7 Å². The standard InChI is InChI=1S/2C16H18N2O6/c2*1-16(2)10-3-4-14(13(16)7-10)24-15(19)9-5-11(17(20)21)8-12(6-9)18(22)23/h2*5-6,8,10,13-14H,3-4,7H2,1-2H3/t2*10-,13-,14+/m00/s1. The van der Waals surface area contributed by atoms with Crippen LogP contribution >= 0.6 is 0 Å². The van der Waals surface area contributed by atoms with Crippen molar-refractivity contribution < 1.29 is 38.8 Å². The van der Waals surface area contributed by atoms with E-state index in [2.05, 4.69) is 27.7 Å². The Hall–Kier alpha value is -5.02. The number of rotatable bonds is 8. The third kappa shape index (κ3) is 6.42. The van der Waals surface area contributed by atoms with E-state index in [0.29, 0.717) is 11.8 Å². The summed E-state index contributed by atoms with van der Waals surface area (Å²) in [6, 6.07) is 5.74. The van der Waals surface area contributed by atoms with Crippen molar-refractivity contribution in [2.45, 2.75) is 78.4 Å². The van der Waals surface area contributed by atoms with Gasteiger partial charge in [-0.25, -0.2) is 9.59 Å². The molecule has 16 heteroatoms.